The zero-order valence-electron chi connectivity index (χ0n) is 13.4. The normalized spacial score (nSPS) is 21.1. The van der Waals surface area contributed by atoms with Gasteiger partial charge in [-0.15, -0.1) is 0 Å². The third-order valence-corrected chi connectivity index (χ3v) is 3.49. The van der Waals surface area contributed by atoms with Gasteiger partial charge in [-0.05, 0) is 39.5 Å². The van der Waals surface area contributed by atoms with E-state index in [1.807, 2.05) is 4.90 Å². The van der Waals surface area contributed by atoms with E-state index in [2.05, 4.69) is 39.9 Å². The average Bonchev–Trinajstić information content (AvgIpc) is 2.20. The molecule has 110 valence electrons. The van der Waals surface area contributed by atoms with Crippen LogP contribution in [0.4, 0.5) is 0 Å². The van der Waals surface area contributed by atoms with E-state index >= 15 is 0 Å². The van der Waals surface area contributed by atoms with Crippen LogP contribution in [-0.4, -0.2) is 34.3 Å². The molecule has 4 heteroatoms. The van der Waals surface area contributed by atoms with Gasteiger partial charge < -0.3 is 10.2 Å². The summed E-state index contributed by atoms with van der Waals surface area (Å²) in [7, 11) is 0. The van der Waals surface area contributed by atoms with Crippen molar-refractivity contribution in [2.45, 2.75) is 72.4 Å². The topological polar surface area (TPSA) is 49.4 Å². The fourth-order valence-corrected chi connectivity index (χ4v) is 3.09. The van der Waals surface area contributed by atoms with Crippen molar-refractivity contribution in [1.82, 2.24) is 10.2 Å². The molecule has 1 rings (SSSR count). The Hall–Kier alpha value is -1.06. The van der Waals surface area contributed by atoms with Gasteiger partial charge in [0.15, 0.2) is 0 Å². The van der Waals surface area contributed by atoms with Crippen LogP contribution < -0.4 is 5.32 Å². The summed E-state index contributed by atoms with van der Waals surface area (Å²) >= 11 is 0. The maximum Gasteiger partial charge on any atom is 0.248 e. The molecule has 0 atom stereocenters. The van der Waals surface area contributed by atoms with Crippen LogP contribution in [0.2, 0.25) is 0 Å². The van der Waals surface area contributed by atoms with Crippen molar-refractivity contribution < 1.29 is 9.59 Å². The quantitative estimate of drug-likeness (QED) is 0.835. The van der Waals surface area contributed by atoms with Crippen molar-refractivity contribution >= 4 is 11.8 Å². The molecule has 19 heavy (non-hydrogen) atoms. The average molecular weight is 268 g/mol. The number of amides is 2. The molecular weight excluding hydrogens is 240 g/mol. The van der Waals surface area contributed by atoms with Gasteiger partial charge in [-0.25, -0.2) is 0 Å². The number of nitrogens with one attached hydrogen (secondary N) is 1. The highest BCUT2D eigenvalue weighted by Crippen LogP contribution is 2.33. The van der Waals surface area contributed by atoms with Gasteiger partial charge in [0.05, 0.1) is 0 Å². The highest BCUT2D eigenvalue weighted by Gasteiger charge is 2.43. The molecule has 0 spiro atoms. The van der Waals surface area contributed by atoms with E-state index < -0.39 is 5.54 Å². The maximum absolute atomic E-state index is 12.7. The predicted molar refractivity (Wildman–Crippen MR) is 76.7 cm³/mol. The lowest BCUT2D eigenvalue weighted by Gasteiger charge is -2.44. The van der Waals surface area contributed by atoms with Crippen LogP contribution in [0.25, 0.3) is 0 Å². The number of carbonyl (C=O) groups is 2. The minimum absolute atomic E-state index is 0.00704. The van der Waals surface area contributed by atoms with Crippen molar-refractivity contribution in [2.75, 3.05) is 6.54 Å². The fraction of sp³-hybridized carbons (Fsp3) is 0.867. The van der Waals surface area contributed by atoms with Gasteiger partial charge in [-0.1, -0.05) is 20.8 Å². The number of nitrogens with zero attached hydrogens (tertiary/aromatic N) is 1. The van der Waals surface area contributed by atoms with Crippen LogP contribution in [0.5, 0.6) is 0 Å². The van der Waals surface area contributed by atoms with Gasteiger partial charge in [0.2, 0.25) is 11.8 Å². The SMILES string of the molecule is CC(C)(C)CC(C)(C)N1CCC(=O)NC(C)(C)C1=O. The predicted octanol–water partition coefficient (Wildman–Crippen LogP) is 2.33. The molecule has 0 unspecified atom stereocenters. The molecule has 0 saturated carbocycles. The smallest absolute Gasteiger partial charge is 0.248 e. The largest absolute Gasteiger partial charge is 0.342 e. The first-order valence-electron chi connectivity index (χ1n) is 6.98. The minimum Gasteiger partial charge on any atom is -0.342 e. The van der Waals surface area contributed by atoms with Crippen LogP contribution in [0.1, 0.15) is 61.3 Å². The van der Waals surface area contributed by atoms with Gasteiger partial charge in [0.1, 0.15) is 5.54 Å². The Bertz CT molecular complexity index is 378. The van der Waals surface area contributed by atoms with Crippen molar-refractivity contribution in [3.05, 3.63) is 0 Å². The maximum atomic E-state index is 12.7. The lowest BCUT2D eigenvalue weighted by atomic mass is 9.80. The van der Waals surface area contributed by atoms with Crippen LogP contribution >= 0.6 is 0 Å². The molecule has 0 aromatic carbocycles. The van der Waals surface area contributed by atoms with Crippen molar-refractivity contribution in [1.29, 1.82) is 0 Å². The van der Waals surface area contributed by atoms with E-state index in [1.165, 1.54) is 0 Å². The summed E-state index contributed by atoms with van der Waals surface area (Å²) in [6.45, 7) is 14.7. The summed E-state index contributed by atoms with van der Waals surface area (Å²) in [5, 5.41) is 2.80. The first-order chi connectivity index (χ1) is 8.35. The van der Waals surface area contributed by atoms with Gasteiger partial charge in [0, 0.05) is 18.5 Å². The summed E-state index contributed by atoms with van der Waals surface area (Å²) in [5.74, 6) is -0.0417. The lowest BCUT2D eigenvalue weighted by Crippen LogP contribution is -2.58. The van der Waals surface area contributed by atoms with Gasteiger partial charge in [-0.2, -0.15) is 0 Å². The lowest BCUT2D eigenvalue weighted by molar-refractivity contribution is -0.143. The van der Waals surface area contributed by atoms with Crippen LogP contribution in [0, 0.1) is 5.41 Å². The zero-order valence-corrected chi connectivity index (χ0v) is 13.4. The zero-order chi connectivity index (χ0) is 15.1. The Morgan fingerprint density at radius 2 is 1.68 bits per heavy atom. The number of hydrogen-bond donors (Lipinski definition) is 1. The summed E-state index contributed by atoms with van der Waals surface area (Å²) < 4.78 is 0. The molecule has 1 saturated heterocycles. The van der Waals surface area contributed by atoms with E-state index in [0.29, 0.717) is 13.0 Å². The third-order valence-electron chi connectivity index (χ3n) is 3.49. The van der Waals surface area contributed by atoms with Crippen molar-refractivity contribution in [2.24, 2.45) is 5.41 Å². The molecule has 4 nitrogen and oxygen atoms in total. The molecule has 1 aliphatic rings. The minimum atomic E-state index is -0.817. The summed E-state index contributed by atoms with van der Waals surface area (Å²) in [5.41, 5.74) is -0.931. The Labute approximate surface area is 116 Å². The molecule has 0 radical (unpaired) electrons. The second kappa shape index (κ2) is 4.80. The molecule has 1 heterocycles. The second-order valence-electron chi connectivity index (χ2n) is 7.93. The molecule has 0 aromatic heterocycles. The van der Waals surface area contributed by atoms with Crippen molar-refractivity contribution in [3.8, 4) is 0 Å². The number of hydrogen-bond acceptors (Lipinski definition) is 2. The van der Waals surface area contributed by atoms with Gasteiger partial charge in [0.25, 0.3) is 0 Å². The van der Waals surface area contributed by atoms with Crippen LogP contribution in [-0.2, 0) is 9.59 Å². The Morgan fingerprint density at radius 3 is 2.16 bits per heavy atom. The van der Waals surface area contributed by atoms with E-state index in [4.69, 9.17) is 0 Å². The molecule has 0 aromatic rings. The van der Waals surface area contributed by atoms with Crippen LogP contribution in [0.15, 0.2) is 0 Å². The van der Waals surface area contributed by atoms with Gasteiger partial charge in [-0.3, -0.25) is 9.59 Å². The van der Waals surface area contributed by atoms with Gasteiger partial charge >= 0.3 is 0 Å². The number of rotatable bonds is 2. The van der Waals surface area contributed by atoms with Crippen molar-refractivity contribution in [3.63, 3.8) is 0 Å². The van der Waals surface area contributed by atoms with E-state index in [1.54, 1.807) is 13.8 Å². The monoisotopic (exact) mass is 268 g/mol. The molecule has 0 bridgehead atoms. The standard InChI is InChI=1S/C15H28N2O2/c1-13(2,3)10-14(4,5)17-9-8-11(18)16-15(6,7)12(17)19/h8-10H2,1-7H3,(H,16,18). The molecule has 1 aliphatic heterocycles. The summed E-state index contributed by atoms with van der Waals surface area (Å²) in [4.78, 5) is 26.2. The Kier molecular flexibility index (Phi) is 4.04. The highest BCUT2D eigenvalue weighted by atomic mass is 16.2. The molecule has 2 amide bonds. The Morgan fingerprint density at radius 1 is 1.16 bits per heavy atom. The Balaban J connectivity index is 3.03. The molecule has 0 aliphatic carbocycles. The van der Waals surface area contributed by atoms with Crippen LogP contribution in [0.3, 0.4) is 0 Å². The molecular formula is C15H28N2O2. The summed E-state index contributed by atoms with van der Waals surface area (Å²) in [6.07, 6.45) is 1.28. The summed E-state index contributed by atoms with van der Waals surface area (Å²) in [6, 6.07) is 0. The van der Waals surface area contributed by atoms with E-state index in [-0.39, 0.29) is 22.8 Å². The molecule has 1 fully saturated rings. The molecule has 1 N–H and O–H groups in total. The first kappa shape index (κ1) is 16.0. The third kappa shape index (κ3) is 3.95. The second-order valence-corrected chi connectivity index (χ2v) is 7.93. The van der Waals surface area contributed by atoms with E-state index in [0.717, 1.165) is 6.42 Å². The first-order valence-corrected chi connectivity index (χ1v) is 6.98. The highest BCUT2D eigenvalue weighted by molar-refractivity contribution is 5.93. The van der Waals surface area contributed by atoms with E-state index in [9.17, 15) is 9.59 Å². The number of carbonyl (C=O) groups excluding carboxylic acids is 2. The fourth-order valence-electron chi connectivity index (χ4n) is 3.09.